The Morgan fingerprint density at radius 3 is 3.10 bits per heavy atom. The highest BCUT2D eigenvalue weighted by molar-refractivity contribution is 7.07. The van der Waals surface area contributed by atoms with E-state index in [1.807, 2.05) is 0 Å². The number of nitrogens with zero attached hydrogens (tertiary/aromatic N) is 1. The number of nitrogens with one attached hydrogen (secondary N) is 1. The summed E-state index contributed by atoms with van der Waals surface area (Å²) in [6.07, 6.45) is 3.84. The van der Waals surface area contributed by atoms with E-state index in [2.05, 4.69) is 40.9 Å². The number of thiophene rings is 1. The smallest absolute Gasteiger partial charge is 0.0855 e. The molecule has 20 heavy (non-hydrogen) atoms. The maximum absolute atomic E-state index is 6.04. The highest BCUT2D eigenvalue weighted by Crippen LogP contribution is 2.15. The zero-order chi connectivity index (χ0) is 14.2. The van der Waals surface area contributed by atoms with Crippen molar-refractivity contribution in [1.82, 2.24) is 10.2 Å². The molecule has 0 aliphatic carbocycles. The lowest BCUT2D eigenvalue weighted by molar-refractivity contribution is -0.0460. The normalized spacial score (nSPS) is 22.0. The van der Waals surface area contributed by atoms with E-state index >= 15 is 0 Å². The van der Waals surface area contributed by atoms with Crippen LogP contribution in [0.25, 0.3) is 0 Å². The van der Waals surface area contributed by atoms with Crippen molar-refractivity contribution in [2.75, 3.05) is 32.8 Å². The largest absolute Gasteiger partial charge is 0.374 e. The van der Waals surface area contributed by atoms with Gasteiger partial charge in [0.05, 0.1) is 12.7 Å². The SMILES string of the molecule is CCCNC(CCc1ccsc1)C1CN(CC)CCO1. The zero-order valence-corrected chi connectivity index (χ0v) is 13.6. The molecule has 114 valence electrons. The third-order valence-corrected chi connectivity index (χ3v) is 4.79. The van der Waals surface area contributed by atoms with Crippen molar-refractivity contribution < 1.29 is 4.74 Å². The monoisotopic (exact) mass is 296 g/mol. The molecule has 2 heterocycles. The highest BCUT2D eigenvalue weighted by atomic mass is 32.1. The van der Waals surface area contributed by atoms with Gasteiger partial charge in [-0.05, 0) is 54.7 Å². The van der Waals surface area contributed by atoms with Crippen molar-refractivity contribution in [2.24, 2.45) is 0 Å². The fourth-order valence-electron chi connectivity index (χ4n) is 2.77. The minimum atomic E-state index is 0.342. The van der Waals surface area contributed by atoms with Crippen LogP contribution in [0.15, 0.2) is 16.8 Å². The van der Waals surface area contributed by atoms with Crippen molar-refractivity contribution in [2.45, 2.75) is 45.3 Å². The van der Waals surface area contributed by atoms with Crippen LogP contribution in [0.4, 0.5) is 0 Å². The Balaban J connectivity index is 1.87. The molecule has 0 aromatic carbocycles. The molecule has 0 radical (unpaired) electrons. The van der Waals surface area contributed by atoms with E-state index in [1.54, 1.807) is 11.3 Å². The van der Waals surface area contributed by atoms with Crippen molar-refractivity contribution >= 4 is 11.3 Å². The lowest BCUT2D eigenvalue weighted by Crippen LogP contribution is -2.52. The van der Waals surface area contributed by atoms with Gasteiger partial charge in [0.2, 0.25) is 0 Å². The predicted octanol–water partition coefficient (Wildman–Crippen LogP) is 2.77. The van der Waals surface area contributed by atoms with Crippen LogP contribution in [0.5, 0.6) is 0 Å². The summed E-state index contributed by atoms with van der Waals surface area (Å²) in [7, 11) is 0. The Morgan fingerprint density at radius 2 is 2.40 bits per heavy atom. The molecule has 0 amide bonds. The molecular weight excluding hydrogens is 268 g/mol. The van der Waals surface area contributed by atoms with Crippen molar-refractivity contribution in [3.63, 3.8) is 0 Å². The Kier molecular flexibility index (Phi) is 7.00. The summed E-state index contributed by atoms with van der Waals surface area (Å²) >= 11 is 1.79. The number of aryl methyl sites for hydroxylation is 1. The van der Waals surface area contributed by atoms with Crippen LogP contribution in [-0.4, -0.2) is 49.8 Å². The van der Waals surface area contributed by atoms with Crippen LogP contribution >= 0.6 is 11.3 Å². The van der Waals surface area contributed by atoms with E-state index in [0.29, 0.717) is 12.1 Å². The summed E-state index contributed by atoms with van der Waals surface area (Å²) in [6, 6.07) is 2.71. The van der Waals surface area contributed by atoms with Crippen molar-refractivity contribution in [3.05, 3.63) is 22.4 Å². The third-order valence-electron chi connectivity index (χ3n) is 4.05. The van der Waals surface area contributed by atoms with Gasteiger partial charge in [0.1, 0.15) is 0 Å². The number of hydrogen-bond acceptors (Lipinski definition) is 4. The van der Waals surface area contributed by atoms with Crippen LogP contribution in [0, 0.1) is 0 Å². The Hall–Kier alpha value is -0.420. The van der Waals surface area contributed by atoms with Crippen LogP contribution in [-0.2, 0) is 11.2 Å². The summed E-state index contributed by atoms with van der Waals surface area (Å²) in [5.74, 6) is 0. The number of likely N-dealkylation sites (N-methyl/N-ethyl adjacent to an activating group) is 1. The number of ether oxygens (including phenoxy) is 1. The maximum atomic E-state index is 6.04. The third kappa shape index (κ3) is 4.85. The second-order valence-corrected chi connectivity index (χ2v) is 6.31. The molecule has 1 aliphatic heterocycles. The van der Waals surface area contributed by atoms with E-state index in [0.717, 1.165) is 39.2 Å². The molecule has 2 rings (SSSR count). The van der Waals surface area contributed by atoms with Gasteiger partial charge in [0.25, 0.3) is 0 Å². The molecular formula is C16H28N2OS. The fourth-order valence-corrected chi connectivity index (χ4v) is 3.47. The lowest BCUT2D eigenvalue weighted by Gasteiger charge is -2.37. The second kappa shape index (κ2) is 8.78. The Bertz CT molecular complexity index is 355. The van der Waals surface area contributed by atoms with Gasteiger partial charge in [0.15, 0.2) is 0 Å². The molecule has 0 spiro atoms. The molecule has 1 saturated heterocycles. The van der Waals surface area contributed by atoms with Gasteiger partial charge in [-0.25, -0.2) is 0 Å². The summed E-state index contributed by atoms with van der Waals surface area (Å²) < 4.78 is 6.04. The minimum absolute atomic E-state index is 0.342. The molecule has 0 saturated carbocycles. The first-order valence-corrected chi connectivity index (χ1v) is 8.86. The van der Waals surface area contributed by atoms with Gasteiger partial charge in [-0.2, -0.15) is 11.3 Å². The van der Waals surface area contributed by atoms with Crippen molar-refractivity contribution in [3.8, 4) is 0 Å². The Morgan fingerprint density at radius 1 is 1.50 bits per heavy atom. The van der Waals surface area contributed by atoms with Crippen LogP contribution in [0.1, 0.15) is 32.3 Å². The van der Waals surface area contributed by atoms with Crippen molar-refractivity contribution in [1.29, 1.82) is 0 Å². The first-order valence-electron chi connectivity index (χ1n) is 7.91. The molecule has 2 atom stereocenters. The first-order chi connectivity index (χ1) is 9.83. The zero-order valence-electron chi connectivity index (χ0n) is 12.8. The van der Waals surface area contributed by atoms with E-state index in [4.69, 9.17) is 4.74 Å². The molecule has 2 unspecified atom stereocenters. The molecule has 1 N–H and O–H groups in total. The summed E-state index contributed by atoms with van der Waals surface area (Å²) in [5.41, 5.74) is 1.46. The van der Waals surface area contributed by atoms with Gasteiger partial charge in [0, 0.05) is 19.1 Å². The van der Waals surface area contributed by atoms with Gasteiger partial charge in [-0.3, -0.25) is 4.90 Å². The fraction of sp³-hybridized carbons (Fsp3) is 0.750. The highest BCUT2D eigenvalue weighted by Gasteiger charge is 2.26. The molecule has 3 nitrogen and oxygen atoms in total. The summed E-state index contributed by atoms with van der Waals surface area (Å²) in [4.78, 5) is 2.50. The van der Waals surface area contributed by atoms with Crippen LogP contribution in [0.2, 0.25) is 0 Å². The molecule has 1 aromatic heterocycles. The molecule has 1 aromatic rings. The standard InChI is InChI=1S/C16H28N2OS/c1-3-8-17-15(6-5-14-7-11-20-13-14)16-12-18(4-2)9-10-19-16/h7,11,13,15-17H,3-6,8-10,12H2,1-2H3. The van der Waals surface area contributed by atoms with Gasteiger partial charge in [-0.1, -0.05) is 13.8 Å². The van der Waals surface area contributed by atoms with E-state index in [9.17, 15) is 0 Å². The summed E-state index contributed by atoms with van der Waals surface area (Å²) in [5, 5.41) is 8.13. The molecule has 4 heteroatoms. The van der Waals surface area contributed by atoms with Gasteiger partial charge < -0.3 is 10.1 Å². The van der Waals surface area contributed by atoms with Gasteiger partial charge in [-0.15, -0.1) is 0 Å². The lowest BCUT2D eigenvalue weighted by atomic mass is 10.0. The van der Waals surface area contributed by atoms with Crippen LogP contribution < -0.4 is 5.32 Å². The average Bonchev–Trinajstić information content (AvgIpc) is 3.01. The average molecular weight is 296 g/mol. The summed E-state index contributed by atoms with van der Waals surface area (Å²) in [6.45, 7) is 9.71. The van der Waals surface area contributed by atoms with E-state index in [-0.39, 0.29) is 0 Å². The number of morpholine rings is 1. The predicted molar refractivity (Wildman–Crippen MR) is 86.6 cm³/mol. The van der Waals surface area contributed by atoms with E-state index in [1.165, 1.54) is 18.4 Å². The van der Waals surface area contributed by atoms with E-state index < -0.39 is 0 Å². The number of hydrogen-bond donors (Lipinski definition) is 1. The molecule has 1 aliphatic rings. The maximum Gasteiger partial charge on any atom is 0.0855 e. The second-order valence-electron chi connectivity index (χ2n) is 5.53. The van der Waals surface area contributed by atoms with Crippen LogP contribution in [0.3, 0.4) is 0 Å². The Labute approximate surface area is 127 Å². The number of rotatable bonds is 8. The minimum Gasteiger partial charge on any atom is -0.374 e. The van der Waals surface area contributed by atoms with Gasteiger partial charge >= 0.3 is 0 Å². The quantitative estimate of drug-likeness (QED) is 0.798. The topological polar surface area (TPSA) is 24.5 Å². The molecule has 1 fully saturated rings. The molecule has 0 bridgehead atoms. The first kappa shape index (κ1) is 16.0.